The maximum atomic E-state index is 3.67. The van der Waals surface area contributed by atoms with Gasteiger partial charge in [0.1, 0.15) is 0 Å². The normalized spacial score (nSPS) is 22.8. The van der Waals surface area contributed by atoms with E-state index in [9.17, 15) is 0 Å². The van der Waals surface area contributed by atoms with Crippen LogP contribution in [0.5, 0.6) is 0 Å². The molecule has 0 saturated heterocycles. The lowest BCUT2D eigenvalue weighted by Gasteiger charge is -2.20. The molecule has 0 heterocycles. The van der Waals surface area contributed by atoms with E-state index in [1.165, 1.54) is 30.4 Å². The molecule has 2 atom stereocenters. The summed E-state index contributed by atoms with van der Waals surface area (Å²) in [5.41, 5.74) is 3.45. The second-order valence-corrected chi connectivity index (χ2v) is 6.33. The van der Waals surface area contributed by atoms with Crippen molar-refractivity contribution in [2.75, 3.05) is 6.54 Å². The molecule has 18 heavy (non-hydrogen) atoms. The highest BCUT2D eigenvalue weighted by atomic mass is 14.9. The average Bonchev–Trinajstić information content (AvgIpc) is 2.97. The van der Waals surface area contributed by atoms with Crippen LogP contribution in [-0.2, 0) is 6.42 Å². The number of rotatable bonds is 6. The summed E-state index contributed by atoms with van der Waals surface area (Å²) in [6.45, 7) is 10.3. The molecule has 2 unspecified atom stereocenters. The maximum absolute atomic E-state index is 3.67. The number of aryl methyl sites for hydroxylation is 1. The SMILES string of the molecule is CCCc1ccc(C(NCC)C2CC2(C)C)cc1. The van der Waals surface area contributed by atoms with Crippen LogP contribution >= 0.6 is 0 Å². The number of benzene rings is 1. The first-order valence-electron chi connectivity index (χ1n) is 7.40. The minimum atomic E-state index is 0.523. The quantitative estimate of drug-likeness (QED) is 0.786. The minimum absolute atomic E-state index is 0.523. The molecule has 0 aromatic heterocycles. The Morgan fingerprint density at radius 3 is 2.28 bits per heavy atom. The van der Waals surface area contributed by atoms with Crippen molar-refractivity contribution in [2.45, 2.75) is 53.0 Å². The highest BCUT2D eigenvalue weighted by Gasteiger charge is 2.50. The predicted octanol–water partition coefficient (Wildman–Crippen LogP) is 4.34. The van der Waals surface area contributed by atoms with Gasteiger partial charge in [0.15, 0.2) is 0 Å². The molecule has 1 heteroatoms. The summed E-state index contributed by atoms with van der Waals surface area (Å²) in [4.78, 5) is 0. The summed E-state index contributed by atoms with van der Waals surface area (Å²) < 4.78 is 0. The molecule has 1 nitrogen and oxygen atoms in total. The molecule has 0 amide bonds. The fourth-order valence-corrected chi connectivity index (χ4v) is 2.97. The Labute approximate surface area is 112 Å². The van der Waals surface area contributed by atoms with Gasteiger partial charge in [-0.1, -0.05) is 58.4 Å². The van der Waals surface area contributed by atoms with Crippen molar-refractivity contribution in [3.05, 3.63) is 35.4 Å². The van der Waals surface area contributed by atoms with E-state index in [-0.39, 0.29) is 0 Å². The molecule has 1 fully saturated rings. The van der Waals surface area contributed by atoms with Gasteiger partial charge in [0.25, 0.3) is 0 Å². The van der Waals surface area contributed by atoms with E-state index in [1.807, 2.05) is 0 Å². The van der Waals surface area contributed by atoms with E-state index in [2.05, 4.69) is 57.3 Å². The van der Waals surface area contributed by atoms with Crippen molar-refractivity contribution in [1.29, 1.82) is 0 Å². The van der Waals surface area contributed by atoms with Gasteiger partial charge in [-0.2, -0.15) is 0 Å². The van der Waals surface area contributed by atoms with Crippen molar-refractivity contribution in [3.63, 3.8) is 0 Å². The molecule has 1 aliphatic rings. The zero-order valence-corrected chi connectivity index (χ0v) is 12.3. The molecule has 1 N–H and O–H groups in total. The molecule has 1 aromatic rings. The molecule has 0 bridgehead atoms. The minimum Gasteiger partial charge on any atom is -0.310 e. The first-order chi connectivity index (χ1) is 8.58. The van der Waals surface area contributed by atoms with Crippen molar-refractivity contribution >= 4 is 0 Å². The van der Waals surface area contributed by atoms with Crippen LogP contribution in [0.15, 0.2) is 24.3 Å². The Bertz CT molecular complexity index is 377. The monoisotopic (exact) mass is 245 g/mol. The Morgan fingerprint density at radius 2 is 1.83 bits per heavy atom. The van der Waals surface area contributed by atoms with Crippen molar-refractivity contribution in [3.8, 4) is 0 Å². The van der Waals surface area contributed by atoms with Gasteiger partial charge < -0.3 is 5.32 Å². The maximum Gasteiger partial charge on any atom is 0.0353 e. The summed E-state index contributed by atoms with van der Waals surface area (Å²) in [6, 6.07) is 9.80. The predicted molar refractivity (Wildman–Crippen MR) is 78.7 cm³/mol. The molecule has 2 rings (SSSR count). The molecule has 0 aliphatic heterocycles. The Morgan fingerprint density at radius 1 is 1.22 bits per heavy atom. The van der Waals surface area contributed by atoms with E-state index in [0.717, 1.165) is 12.5 Å². The first kappa shape index (κ1) is 13.6. The summed E-state index contributed by atoms with van der Waals surface area (Å²) in [7, 11) is 0. The van der Waals surface area contributed by atoms with Crippen LogP contribution in [0, 0.1) is 11.3 Å². The van der Waals surface area contributed by atoms with Crippen LogP contribution in [0.2, 0.25) is 0 Å². The zero-order chi connectivity index (χ0) is 13.2. The Balaban J connectivity index is 2.11. The third kappa shape index (κ3) is 2.95. The fraction of sp³-hybridized carbons (Fsp3) is 0.647. The highest BCUT2D eigenvalue weighted by Crippen LogP contribution is 2.57. The third-order valence-electron chi connectivity index (χ3n) is 4.29. The molecule has 1 aliphatic carbocycles. The summed E-state index contributed by atoms with van der Waals surface area (Å²) in [5, 5.41) is 3.67. The van der Waals surface area contributed by atoms with E-state index >= 15 is 0 Å². The van der Waals surface area contributed by atoms with E-state index in [0.29, 0.717) is 11.5 Å². The van der Waals surface area contributed by atoms with Gasteiger partial charge in [0, 0.05) is 6.04 Å². The second-order valence-electron chi connectivity index (χ2n) is 6.33. The van der Waals surface area contributed by atoms with Crippen LogP contribution in [0.3, 0.4) is 0 Å². The van der Waals surface area contributed by atoms with Crippen LogP contribution < -0.4 is 5.32 Å². The van der Waals surface area contributed by atoms with Gasteiger partial charge in [0.05, 0.1) is 0 Å². The fourth-order valence-electron chi connectivity index (χ4n) is 2.97. The summed E-state index contributed by atoms with van der Waals surface area (Å²) in [5.74, 6) is 0.800. The molecule has 1 aromatic carbocycles. The van der Waals surface area contributed by atoms with Crippen LogP contribution in [0.25, 0.3) is 0 Å². The molecular weight excluding hydrogens is 218 g/mol. The summed E-state index contributed by atoms with van der Waals surface area (Å²) in [6.07, 6.45) is 3.77. The molecule has 0 spiro atoms. The van der Waals surface area contributed by atoms with Gasteiger partial charge in [-0.15, -0.1) is 0 Å². The van der Waals surface area contributed by atoms with E-state index in [1.54, 1.807) is 0 Å². The van der Waals surface area contributed by atoms with Gasteiger partial charge in [-0.25, -0.2) is 0 Å². The average molecular weight is 245 g/mol. The topological polar surface area (TPSA) is 12.0 Å². The third-order valence-corrected chi connectivity index (χ3v) is 4.29. The lowest BCUT2D eigenvalue weighted by molar-refractivity contribution is 0.423. The zero-order valence-electron chi connectivity index (χ0n) is 12.3. The van der Waals surface area contributed by atoms with Crippen LogP contribution in [0.4, 0.5) is 0 Å². The molecule has 100 valence electrons. The Hall–Kier alpha value is -0.820. The van der Waals surface area contributed by atoms with Crippen LogP contribution in [0.1, 0.15) is 57.7 Å². The smallest absolute Gasteiger partial charge is 0.0353 e. The van der Waals surface area contributed by atoms with Gasteiger partial charge in [0.2, 0.25) is 0 Å². The molecule has 1 saturated carbocycles. The van der Waals surface area contributed by atoms with Crippen molar-refractivity contribution < 1.29 is 0 Å². The summed E-state index contributed by atoms with van der Waals surface area (Å²) >= 11 is 0. The number of hydrogen-bond donors (Lipinski definition) is 1. The molecule has 0 radical (unpaired) electrons. The Kier molecular flexibility index (Phi) is 4.11. The lowest BCUT2D eigenvalue weighted by atomic mass is 9.95. The van der Waals surface area contributed by atoms with E-state index < -0.39 is 0 Å². The van der Waals surface area contributed by atoms with Crippen molar-refractivity contribution in [1.82, 2.24) is 5.32 Å². The van der Waals surface area contributed by atoms with Crippen LogP contribution in [-0.4, -0.2) is 6.54 Å². The van der Waals surface area contributed by atoms with Gasteiger partial charge in [-0.05, 0) is 41.8 Å². The molecular formula is C17H27N. The van der Waals surface area contributed by atoms with E-state index in [4.69, 9.17) is 0 Å². The standard InChI is InChI=1S/C17H27N/c1-5-7-13-8-10-14(11-9-13)16(18-6-2)15-12-17(15,3)4/h8-11,15-16,18H,5-7,12H2,1-4H3. The highest BCUT2D eigenvalue weighted by molar-refractivity contribution is 5.27. The van der Waals surface area contributed by atoms with Gasteiger partial charge >= 0.3 is 0 Å². The van der Waals surface area contributed by atoms with Crippen molar-refractivity contribution in [2.24, 2.45) is 11.3 Å². The first-order valence-corrected chi connectivity index (χ1v) is 7.40. The second kappa shape index (κ2) is 5.44. The van der Waals surface area contributed by atoms with Gasteiger partial charge in [-0.3, -0.25) is 0 Å². The number of nitrogens with one attached hydrogen (secondary N) is 1. The lowest BCUT2D eigenvalue weighted by Crippen LogP contribution is -2.24. The largest absolute Gasteiger partial charge is 0.310 e. The number of hydrogen-bond acceptors (Lipinski definition) is 1.